The number of nitrogen functional groups attached to an aromatic ring is 1. The molecule has 186 valence electrons. The van der Waals surface area contributed by atoms with Crippen molar-refractivity contribution in [1.82, 2.24) is 24.5 Å². The van der Waals surface area contributed by atoms with Gasteiger partial charge in [0, 0.05) is 26.2 Å². The van der Waals surface area contributed by atoms with Gasteiger partial charge in [0.25, 0.3) is 5.91 Å². The molecule has 2 fully saturated rings. The van der Waals surface area contributed by atoms with Gasteiger partial charge >= 0.3 is 0 Å². The number of rotatable bonds is 5. The average molecular weight is 487 g/mol. The van der Waals surface area contributed by atoms with Crippen LogP contribution in [0.5, 0.6) is 0 Å². The molecule has 2 saturated heterocycles. The number of nitrogens with one attached hydrogen (secondary N) is 1. The molecule has 12 heteroatoms. The Kier molecular flexibility index (Phi) is 6.48. The summed E-state index contributed by atoms with van der Waals surface area (Å²) in [6.45, 7) is 3.24. The number of nitrogens with zero attached hydrogens (tertiary/aromatic N) is 6. The van der Waals surface area contributed by atoms with Crippen molar-refractivity contribution in [3.8, 4) is 0 Å². The normalized spacial score (nSPS) is 18.3. The molecule has 2 aliphatic heterocycles. The van der Waals surface area contributed by atoms with E-state index in [4.69, 9.17) is 10.5 Å². The summed E-state index contributed by atoms with van der Waals surface area (Å²) in [6, 6.07) is 0. The number of carbonyl (C=O) groups is 1. The summed E-state index contributed by atoms with van der Waals surface area (Å²) >= 11 is 0. The van der Waals surface area contributed by atoms with Gasteiger partial charge in [0.15, 0.2) is 23.1 Å². The van der Waals surface area contributed by atoms with E-state index < -0.39 is 17.5 Å². The van der Waals surface area contributed by atoms with Crippen LogP contribution in [0.1, 0.15) is 36.0 Å². The first kappa shape index (κ1) is 23.4. The third-order valence-corrected chi connectivity index (χ3v) is 6.62. The van der Waals surface area contributed by atoms with Gasteiger partial charge in [-0.3, -0.25) is 9.78 Å². The summed E-state index contributed by atoms with van der Waals surface area (Å²) in [5.41, 5.74) is 6.45. The third kappa shape index (κ3) is 4.89. The zero-order valence-corrected chi connectivity index (χ0v) is 19.5. The molecule has 3 N–H and O–H groups in total. The predicted molar refractivity (Wildman–Crippen MR) is 126 cm³/mol. The van der Waals surface area contributed by atoms with E-state index in [1.54, 1.807) is 0 Å². The second kappa shape index (κ2) is 9.70. The molecule has 2 aliphatic rings. The Bertz CT molecular complexity index is 1220. The molecule has 0 bridgehead atoms. The van der Waals surface area contributed by atoms with Gasteiger partial charge in [0.2, 0.25) is 0 Å². The lowest BCUT2D eigenvalue weighted by Gasteiger charge is -2.37. The number of nitrogens with two attached hydrogens (primary N) is 1. The first-order valence-electron chi connectivity index (χ1n) is 11.7. The fourth-order valence-electron chi connectivity index (χ4n) is 4.78. The molecular weight excluding hydrogens is 458 g/mol. The fourth-order valence-corrected chi connectivity index (χ4v) is 4.78. The van der Waals surface area contributed by atoms with Gasteiger partial charge in [0.05, 0.1) is 42.7 Å². The fraction of sp³-hybridized carbons (Fsp3) is 0.478. The van der Waals surface area contributed by atoms with Crippen molar-refractivity contribution in [1.29, 1.82) is 0 Å². The van der Waals surface area contributed by atoms with Crippen LogP contribution in [0.3, 0.4) is 0 Å². The van der Waals surface area contributed by atoms with Crippen molar-refractivity contribution in [2.75, 3.05) is 49.2 Å². The lowest BCUT2D eigenvalue weighted by molar-refractivity contribution is -0.0483. The van der Waals surface area contributed by atoms with Crippen molar-refractivity contribution in [2.45, 2.75) is 37.9 Å². The van der Waals surface area contributed by atoms with Crippen LogP contribution in [0.4, 0.5) is 26.0 Å². The molecule has 0 radical (unpaired) electrons. The van der Waals surface area contributed by atoms with Crippen molar-refractivity contribution in [3.05, 3.63) is 42.0 Å². The highest BCUT2D eigenvalue weighted by molar-refractivity contribution is 6.12. The van der Waals surface area contributed by atoms with Gasteiger partial charge < -0.3 is 25.6 Å². The SMILES string of the molecule is CN1CCC(OC2CCN(c3c(F)cncc3NC(=O)c3c(N)nn4cc(F)cnc34)CC2)CC1. The number of carbonyl (C=O) groups excluding carboxylic acids is 1. The molecule has 3 aromatic rings. The maximum atomic E-state index is 14.9. The number of piperidine rings is 2. The number of hydrogen-bond donors (Lipinski definition) is 2. The van der Waals surface area contributed by atoms with Crippen LogP contribution in [0.15, 0.2) is 24.8 Å². The summed E-state index contributed by atoms with van der Waals surface area (Å²) in [4.78, 5) is 25.1. The average Bonchev–Trinajstić information content (AvgIpc) is 3.16. The highest BCUT2D eigenvalue weighted by atomic mass is 19.1. The zero-order chi connectivity index (χ0) is 24.5. The Morgan fingerprint density at radius 1 is 1.09 bits per heavy atom. The Balaban J connectivity index is 1.29. The Morgan fingerprint density at radius 3 is 2.49 bits per heavy atom. The number of anilines is 3. The van der Waals surface area contributed by atoms with E-state index in [0.29, 0.717) is 13.1 Å². The maximum Gasteiger partial charge on any atom is 0.263 e. The van der Waals surface area contributed by atoms with Crippen LogP contribution >= 0.6 is 0 Å². The predicted octanol–water partition coefficient (Wildman–Crippen LogP) is 2.32. The van der Waals surface area contributed by atoms with Gasteiger partial charge in [-0.1, -0.05) is 0 Å². The first-order chi connectivity index (χ1) is 16.9. The second-order valence-corrected chi connectivity index (χ2v) is 9.10. The molecule has 3 aromatic heterocycles. The number of halogens is 2. The third-order valence-electron chi connectivity index (χ3n) is 6.62. The number of fused-ring (bicyclic) bond motifs is 1. The van der Waals surface area contributed by atoms with Crippen molar-refractivity contribution in [3.63, 3.8) is 0 Å². The molecular formula is C23H28F2N8O2. The second-order valence-electron chi connectivity index (χ2n) is 9.10. The minimum absolute atomic E-state index is 0.0227. The quantitative estimate of drug-likeness (QED) is 0.565. The maximum absolute atomic E-state index is 14.9. The van der Waals surface area contributed by atoms with Crippen molar-refractivity contribution >= 4 is 28.7 Å². The zero-order valence-electron chi connectivity index (χ0n) is 19.5. The van der Waals surface area contributed by atoms with Crippen LogP contribution in [0, 0.1) is 11.6 Å². The number of pyridine rings is 1. The van der Waals surface area contributed by atoms with Gasteiger partial charge in [-0.2, -0.15) is 0 Å². The Labute approximate surface area is 201 Å². The van der Waals surface area contributed by atoms with Crippen molar-refractivity contribution in [2.24, 2.45) is 0 Å². The molecule has 5 heterocycles. The topological polar surface area (TPSA) is 114 Å². The van der Waals surface area contributed by atoms with E-state index in [1.807, 2.05) is 4.90 Å². The summed E-state index contributed by atoms with van der Waals surface area (Å²) in [5.74, 6) is -1.90. The minimum atomic E-state index is -0.634. The summed E-state index contributed by atoms with van der Waals surface area (Å²) in [6.07, 6.45) is 8.55. The molecule has 0 atom stereocenters. The molecule has 5 rings (SSSR count). The van der Waals surface area contributed by atoms with Gasteiger partial charge in [0.1, 0.15) is 11.3 Å². The minimum Gasteiger partial charge on any atom is -0.381 e. The molecule has 0 unspecified atom stereocenters. The van der Waals surface area contributed by atoms with E-state index in [0.717, 1.165) is 61.9 Å². The summed E-state index contributed by atoms with van der Waals surface area (Å²) in [5, 5.41) is 6.63. The lowest BCUT2D eigenvalue weighted by Crippen LogP contribution is -2.41. The number of hydrogen-bond acceptors (Lipinski definition) is 8. The van der Waals surface area contributed by atoms with E-state index in [2.05, 4.69) is 32.3 Å². The van der Waals surface area contributed by atoms with Crippen LogP contribution in [0.25, 0.3) is 5.65 Å². The smallest absolute Gasteiger partial charge is 0.263 e. The van der Waals surface area contributed by atoms with Crippen molar-refractivity contribution < 1.29 is 18.3 Å². The van der Waals surface area contributed by atoms with E-state index in [9.17, 15) is 13.6 Å². The first-order valence-corrected chi connectivity index (χ1v) is 11.7. The standard InChI is InChI=1S/C23H28F2N8O2/c1-31-6-2-15(3-7-31)35-16-4-8-32(9-5-16)20-17(25)11-27-12-18(20)29-23(34)19-21(26)30-33-13-14(24)10-28-22(19)33/h10-13,15-16H,2-9H2,1H3,(H2,26,30)(H,29,34). The monoisotopic (exact) mass is 486 g/mol. The largest absolute Gasteiger partial charge is 0.381 e. The van der Waals surface area contributed by atoms with E-state index in [1.165, 1.54) is 6.20 Å². The van der Waals surface area contributed by atoms with Gasteiger partial charge in [-0.05, 0) is 32.7 Å². The van der Waals surface area contributed by atoms with Crippen LogP contribution in [0.2, 0.25) is 0 Å². The number of aromatic nitrogens is 4. The van der Waals surface area contributed by atoms with Crippen LogP contribution in [-0.4, -0.2) is 75.8 Å². The molecule has 0 saturated carbocycles. The summed E-state index contributed by atoms with van der Waals surface area (Å²) < 4.78 is 35.8. The highest BCUT2D eigenvalue weighted by Gasteiger charge is 2.28. The molecule has 35 heavy (non-hydrogen) atoms. The molecule has 0 spiro atoms. The molecule has 10 nitrogen and oxygen atoms in total. The molecule has 1 amide bonds. The lowest BCUT2D eigenvalue weighted by atomic mass is 10.0. The Morgan fingerprint density at radius 2 is 1.77 bits per heavy atom. The summed E-state index contributed by atoms with van der Waals surface area (Å²) in [7, 11) is 2.12. The number of ether oxygens (including phenoxy) is 1. The van der Waals surface area contributed by atoms with E-state index >= 15 is 0 Å². The number of likely N-dealkylation sites (tertiary alicyclic amines) is 1. The number of amides is 1. The van der Waals surface area contributed by atoms with E-state index in [-0.39, 0.29) is 40.6 Å². The Hall–Kier alpha value is -3.38. The molecule has 0 aromatic carbocycles. The van der Waals surface area contributed by atoms with Gasteiger partial charge in [-0.25, -0.2) is 18.3 Å². The van der Waals surface area contributed by atoms with Crippen LogP contribution in [-0.2, 0) is 4.74 Å². The van der Waals surface area contributed by atoms with Crippen LogP contribution < -0.4 is 16.0 Å². The van der Waals surface area contributed by atoms with Gasteiger partial charge in [-0.15, -0.1) is 5.10 Å². The molecule has 0 aliphatic carbocycles. The highest BCUT2D eigenvalue weighted by Crippen LogP contribution is 2.32.